The lowest BCUT2D eigenvalue weighted by Crippen LogP contribution is -2.36. The fraction of sp³-hybridized carbons (Fsp3) is 0.227. The molecule has 1 fully saturated rings. The number of phenols is 1. The van der Waals surface area contributed by atoms with Gasteiger partial charge in [0.05, 0.1) is 11.3 Å². The summed E-state index contributed by atoms with van der Waals surface area (Å²) in [5.41, 5.74) is 19.7. The van der Waals surface area contributed by atoms with Gasteiger partial charge in [0.2, 0.25) is 0 Å². The predicted octanol–water partition coefficient (Wildman–Crippen LogP) is 2.50. The molecule has 0 aromatic heterocycles. The number of para-hydroxylation sites is 1. The third-order valence-electron chi connectivity index (χ3n) is 5.26. The minimum absolute atomic E-state index is 0.0230. The molecule has 7 nitrogen and oxygen atoms in total. The molecule has 2 aromatic carbocycles. The van der Waals surface area contributed by atoms with Crippen LogP contribution in [0.4, 0.5) is 4.39 Å². The first-order valence-electron chi connectivity index (χ1n) is 9.56. The molecule has 1 saturated heterocycles. The number of carboxylic acid groups (broad SMARTS) is 1. The summed E-state index contributed by atoms with van der Waals surface area (Å²) in [4.78, 5) is 13.0. The maximum atomic E-state index is 14.1. The fourth-order valence-electron chi connectivity index (χ4n) is 3.73. The van der Waals surface area contributed by atoms with Crippen molar-refractivity contribution in [2.45, 2.75) is 18.8 Å². The quantitative estimate of drug-likeness (QED) is 0.476. The van der Waals surface area contributed by atoms with Gasteiger partial charge in [-0.15, -0.1) is 0 Å². The number of halogens is 1. The Bertz CT molecular complexity index is 1020. The van der Waals surface area contributed by atoms with Gasteiger partial charge in [-0.05, 0) is 48.7 Å². The normalized spacial score (nSPS) is 16.9. The van der Waals surface area contributed by atoms with E-state index in [0.717, 1.165) is 18.4 Å². The second-order valence-corrected chi connectivity index (χ2v) is 7.29. The maximum Gasteiger partial charge on any atom is 0.338 e. The van der Waals surface area contributed by atoms with E-state index in [2.05, 4.69) is 0 Å². The average Bonchev–Trinajstić information content (AvgIpc) is 2.71. The van der Waals surface area contributed by atoms with Gasteiger partial charge in [0.1, 0.15) is 17.4 Å². The van der Waals surface area contributed by atoms with Crippen molar-refractivity contribution in [2.24, 2.45) is 17.2 Å². The van der Waals surface area contributed by atoms with Crippen molar-refractivity contribution in [3.63, 3.8) is 0 Å². The Kier molecular flexibility index (Phi) is 6.15. The molecule has 0 spiro atoms. The lowest BCUT2D eigenvalue weighted by atomic mass is 9.89. The van der Waals surface area contributed by atoms with E-state index in [1.165, 1.54) is 18.2 Å². The van der Waals surface area contributed by atoms with Crippen LogP contribution >= 0.6 is 0 Å². The summed E-state index contributed by atoms with van der Waals surface area (Å²) in [6.07, 6.45) is 3.26. The summed E-state index contributed by atoms with van der Waals surface area (Å²) >= 11 is 0. The highest BCUT2D eigenvalue weighted by Gasteiger charge is 2.25. The predicted molar refractivity (Wildman–Crippen MR) is 113 cm³/mol. The first-order chi connectivity index (χ1) is 14.3. The summed E-state index contributed by atoms with van der Waals surface area (Å²) in [5, 5.41) is 19.1. The Balaban J connectivity index is 1.86. The van der Waals surface area contributed by atoms with E-state index in [1.54, 1.807) is 30.3 Å². The van der Waals surface area contributed by atoms with Crippen LogP contribution in [0.25, 0.3) is 5.70 Å². The monoisotopic (exact) mass is 412 g/mol. The summed E-state index contributed by atoms with van der Waals surface area (Å²) in [5.74, 6) is -1.94. The number of nitrogens with zero attached hydrogens (tertiary/aromatic N) is 1. The molecule has 3 rings (SSSR count). The van der Waals surface area contributed by atoms with Crippen molar-refractivity contribution in [2.75, 3.05) is 13.1 Å². The number of piperidine rings is 1. The van der Waals surface area contributed by atoms with Gasteiger partial charge in [0, 0.05) is 30.3 Å². The van der Waals surface area contributed by atoms with Crippen molar-refractivity contribution >= 4 is 11.7 Å². The van der Waals surface area contributed by atoms with Crippen LogP contribution in [0.5, 0.6) is 5.75 Å². The number of carboxylic acids is 1. The molecule has 1 atom stereocenters. The SMILES string of the molecule is NC(N)=C(/C=C(\N)c1ccccc1O)N1CCCC(c2ccc(C(=O)O)c(F)c2)C1. The van der Waals surface area contributed by atoms with Crippen molar-refractivity contribution < 1.29 is 19.4 Å². The Morgan fingerprint density at radius 3 is 2.50 bits per heavy atom. The summed E-state index contributed by atoms with van der Waals surface area (Å²) in [6, 6.07) is 10.9. The number of aromatic hydroxyl groups is 1. The highest BCUT2D eigenvalue weighted by molar-refractivity contribution is 5.87. The molecule has 0 bridgehead atoms. The summed E-state index contributed by atoms with van der Waals surface area (Å²) in [7, 11) is 0. The number of allylic oxidation sites excluding steroid dienone is 1. The number of likely N-dealkylation sites (tertiary alicyclic amines) is 1. The first kappa shape index (κ1) is 21.0. The van der Waals surface area contributed by atoms with Crippen LogP contribution in [-0.2, 0) is 0 Å². The number of hydrogen-bond acceptors (Lipinski definition) is 6. The second kappa shape index (κ2) is 8.77. The van der Waals surface area contributed by atoms with Gasteiger partial charge < -0.3 is 32.3 Å². The lowest BCUT2D eigenvalue weighted by molar-refractivity contribution is 0.0692. The molecule has 0 radical (unpaired) electrons. The number of nitrogens with two attached hydrogens (primary N) is 3. The van der Waals surface area contributed by atoms with Crippen molar-refractivity contribution in [1.29, 1.82) is 0 Å². The minimum atomic E-state index is -1.30. The molecule has 1 unspecified atom stereocenters. The van der Waals surface area contributed by atoms with Crippen LogP contribution in [0.3, 0.4) is 0 Å². The number of hydrogen-bond donors (Lipinski definition) is 5. The van der Waals surface area contributed by atoms with Crippen molar-refractivity contribution in [3.05, 3.63) is 82.6 Å². The van der Waals surface area contributed by atoms with Gasteiger partial charge in [-0.1, -0.05) is 18.2 Å². The molecule has 0 saturated carbocycles. The highest BCUT2D eigenvalue weighted by Crippen LogP contribution is 2.31. The third-order valence-corrected chi connectivity index (χ3v) is 5.26. The van der Waals surface area contributed by atoms with Gasteiger partial charge in [-0.3, -0.25) is 0 Å². The molecule has 158 valence electrons. The Morgan fingerprint density at radius 2 is 1.87 bits per heavy atom. The molecule has 30 heavy (non-hydrogen) atoms. The summed E-state index contributed by atoms with van der Waals surface area (Å²) < 4.78 is 14.1. The molecule has 8 N–H and O–H groups in total. The van der Waals surface area contributed by atoms with Gasteiger partial charge in [-0.2, -0.15) is 0 Å². The van der Waals surface area contributed by atoms with E-state index in [1.807, 2.05) is 4.90 Å². The number of rotatable bonds is 5. The van der Waals surface area contributed by atoms with Gasteiger partial charge in [0.15, 0.2) is 0 Å². The number of benzene rings is 2. The zero-order valence-electron chi connectivity index (χ0n) is 16.4. The number of phenolic OH excluding ortho intramolecular Hbond substituents is 1. The van der Waals surface area contributed by atoms with Crippen LogP contribution in [0.15, 0.2) is 60.1 Å². The minimum Gasteiger partial charge on any atom is -0.507 e. The van der Waals surface area contributed by atoms with Crippen LogP contribution in [0.2, 0.25) is 0 Å². The Morgan fingerprint density at radius 1 is 1.13 bits per heavy atom. The largest absolute Gasteiger partial charge is 0.507 e. The van der Waals surface area contributed by atoms with Crippen LogP contribution < -0.4 is 17.2 Å². The van der Waals surface area contributed by atoms with Gasteiger partial charge >= 0.3 is 5.97 Å². The highest BCUT2D eigenvalue weighted by atomic mass is 19.1. The second-order valence-electron chi connectivity index (χ2n) is 7.29. The molecule has 1 aliphatic rings. The molecule has 1 heterocycles. The van der Waals surface area contributed by atoms with Crippen LogP contribution in [0, 0.1) is 5.82 Å². The Hall–Kier alpha value is -3.68. The fourth-order valence-corrected chi connectivity index (χ4v) is 3.73. The molecule has 0 amide bonds. The Labute approximate surface area is 173 Å². The smallest absolute Gasteiger partial charge is 0.338 e. The average molecular weight is 412 g/mol. The van der Waals surface area contributed by atoms with Crippen LogP contribution in [-0.4, -0.2) is 34.2 Å². The van der Waals surface area contributed by atoms with E-state index in [9.17, 15) is 14.3 Å². The molecule has 8 heteroatoms. The first-order valence-corrected chi connectivity index (χ1v) is 9.56. The van der Waals surface area contributed by atoms with Gasteiger partial charge in [-0.25, -0.2) is 9.18 Å². The van der Waals surface area contributed by atoms with E-state index < -0.39 is 11.8 Å². The van der Waals surface area contributed by atoms with E-state index in [0.29, 0.717) is 30.0 Å². The summed E-state index contributed by atoms with van der Waals surface area (Å²) in [6.45, 7) is 1.20. The number of carbonyl (C=O) groups is 1. The number of aromatic carboxylic acids is 1. The van der Waals surface area contributed by atoms with Crippen LogP contribution in [0.1, 0.15) is 40.2 Å². The standard InChI is InChI=1S/C22H25FN4O3/c23-17-10-13(7-8-15(17)22(29)30)14-4-3-9-27(12-14)19(21(25)26)11-18(24)16-5-1-2-6-20(16)28/h1-2,5-8,10-11,14,28H,3-4,9,12,24-26H2,(H,29,30)/b18-11-. The van der Waals surface area contributed by atoms with E-state index in [4.69, 9.17) is 22.3 Å². The lowest BCUT2D eigenvalue weighted by Gasteiger charge is -2.35. The zero-order valence-corrected chi connectivity index (χ0v) is 16.4. The molecule has 0 aliphatic carbocycles. The molecule has 2 aromatic rings. The molecule has 1 aliphatic heterocycles. The molecular formula is C22H25FN4O3. The molecular weight excluding hydrogens is 387 g/mol. The van der Waals surface area contributed by atoms with Crippen molar-refractivity contribution in [3.8, 4) is 5.75 Å². The van der Waals surface area contributed by atoms with E-state index in [-0.39, 0.29) is 23.1 Å². The third kappa shape index (κ3) is 4.48. The van der Waals surface area contributed by atoms with E-state index >= 15 is 0 Å². The topological polar surface area (TPSA) is 139 Å². The maximum absolute atomic E-state index is 14.1. The van der Waals surface area contributed by atoms with Crippen molar-refractivity contribution in [1.82, 2.24) is 4.90 Å². The zero-order chi connectivity index (χ0) is 21.8. The van der Waals surface area contributed by atoms with Gasteiger partial charge in [0.25, 0.3) is 0 Å².